The van der Waals surface area contributed by atoms with Crippen molar-refractivity contribution in [2.75, 3.05) is 18.1 Å². The highest BCUT2D eigenvalue weighted by atomic mass is 32.2. The highest BCUT2D eigenvalue weighted by molar-refractivity contribution is 7.89. The van der Waals surface area contributed by atoms with Crippen molar-refractivity contribution in [3.8, 4) is 0 Å². The normalized spacial score (nSPS) is 22.8. The molecule has 23 heavy (non-hydrogen) atoms. The van der Waals surface area contributed by atoms with Gasteiger partial charge in [0.25, 0.3) is 0 Å². The molecule has 2 atom stereocenters. The third-order valence-corrected chi connectivity index (χ3v) is 5.10. The molecule has 0 amide bonds. The topological polar surface area (TPSA) is 46.2 Å². The number of hydrogen-bond donors (Lipinski definition) is 1. The van der Waals surface area contributed by atoms with Gasteiger partial charge in [-0.3, -0.25) is 0 Å². The largest absolute Gasteiger partial charge is 0.391 e. The molecule has 130 valence electrons. The molecule has 1 aliphatic carbocycles. The Kier molecular flexibility index (Phi) is 5.60. The molecule has 0 aromatic heterocycles. The first-order chi connectivity index (χ1) is 10.6. The maximum atomic E-state index is 12.8. The summed E-state index contributed by atoms with van der Waals surface area (Å²) in [5.74, 6) is -1.33. The van der Waals surface area contributed by atoms with Gasteiger partial charge in [-0.2, -0.15) is 13.2 Å². The second-order valence-electron chi connectivity index (χ2n) is 6.38. The van der Waals surface area contributed by atoms with Gasteiger partial charge in [0.05, 0.1) is 11.7 Å². The van der Waals surface area contributed by atoms with Crippen molar-refractivity contribution in [3.05, 3.63) is 29.8 Å². The average Bonchev–Trinajstić information content (AvgIpc) is 2.44. The number of hydrogen-bond acceptors (Lipinski definition) is 3. The van der Waals surface area contributed by atoms with Crippen molar-refractivity contribution in [1.29, 1.82) is 0 Å². The molecule has 2 unspecified atom stereocenters. The molecule has 2 rings (SSSR count). The Hall–Kier alpha value is -1.24. The summed E-state index contributed by atoms with van der Waals surface area (Å²) < 4.78 is 61.4. The van der Waals surface area contributed by atoms with E-state index in [1.165, 1.54) is 6.26 Å². The van der Waals surface area contributed by atoms with E-state index in [1.807, 2.05) is 0 Å². The minimum Gasteiger partial charge on any atom is -0.385 e. The van der Waals surface area contributed by atoms with Crippen LogP contribution in [0.5, 0.6) is 0 Å². The van der Waals surface area contributed by atoms with Crippen LogP contribution in [0.15, 0.2) is 24.3 Å². The first-order valence-corrected chi connectivity index (χ1v) is 9.77. The van der Waals surface area contributed by atoms with Crippen LogP contribution in [0.3, 0.4) is 0 Å². The predicted molar refractivity (Wildman–Crippen MR) is 85.0 cm³/mol. The van der Waals surface area contributed by atoms with E-state index < -0.39 is 21.9 Å². The smallest absolute Gasteiger partial charge is 0.385 e. The van der Waals surface area contributed by atoms with Crippen molar-refractivity contribution in [2.24, 2.45) is 11.8 Å². The monoisotopic (exact) mass is 349 g/mol. The highest BCUT2D eigenvalue weighted by Crippen LogP contribution is 2.40. The molecule has 1 saturated carbocycles. The van der Waals surface area contributed by atoms with Crippen LogP contribution in [0.2, 0.25) is 0 Å². The molecule has 1 aromatic carbocycles. The Morgan fingerprint density at radius 2 is 1.91 bits per heavy atom. The second kappa shape index (κ2) is 7.11. The van der Waals surface area contributed by atoms with E-state index in [4.69, 9.17) is 0 Å². The molecule has 0 heterocycles. The summed E-state index contributed by atoms with van der Waals surface area (Å²) in [4.78, 5) is 0. The molecule has 1 aromatic rings. The zero-order valence-corrected chi connectivity index (χ0v) is 13.9. The summed E-state index contributed by atoms with van der Waals surface area (Å²) >= 11 is 0. The number of halogens is 3. The van der Waals surface area contributed by atoms with Crippen molar-refractivity contribution < 1.29 is 21.6 Å². The van der Waals surface area contributed by atoms with Gasteiger partial charge in [-0.15, -0.1) is 0 Å². The predicted octanol–water partition coefficient (Wildman–Crippen LogP) is 4.01. The summed E-state index contributed by atoms with van der Waals surface area (Å²) in [6.45, 7) is 0.438. The van der Waals surface area contributed by atoms with Gasteiger partial charge in [0, 0.05) is 18.5 Å². The summed E-state index contributed by atoms with van der Waals surface area (Å²) in [6, 6.07) is 7.03. The summed E-state index contributed by atoms with van der Waals surface area (Å²) in [7, 11) is -3.16. The standard InChI is InChI=1S/C16H22F3NO2S/c1-23(21,22)11-13-6-2-3-8-15(13)20-10-12-5-4-7-14(9-12)16(17,18)19/h2-3,6,8,12,14,20H,4-5,7,9-11H2,1H3. The maximum absolute atomic E-state index is 12.8. The van der Waals surface area contributed by atoms with Gasteiger partial charge in [-0.1, -0.05) is 24.6 Å². The zero-order chi connectivity index (χ0) is 17.1. The van der Waals surface area contributed by atoms with Crippen molar-refractivity contribution in [1.82, 2.24) is 0 Å². The summed E-state index contributed by atoms with van der Waals surface area (Å²) in [5.41, 5.74) is 1.34. The Morgan fingerprint density at radius 1 is 1.22 bits per heavy atom. The Bertz CT molecular complexity index is 628. The van der Waals surface area contributed by atoms with Crippen LogP contribution in [-0.4, -0.2) is 27.4 Å². The fraction of sp³-hybridized carbons (Fsp3) is 0.625. The number of alkyl halides is 3. The van der Waals surface area contributed by atoms with E-state index in [9.17, 15) is 21.6 Å². The van der Waals surface area contributed by atoms with Gasteiger partial charge in [0.2, 0.25) is 0 Å². The average molecular weight is 349 g/mol. The van der Waals surface area contributed by atoms with E-state index in [1.54, 1.807) is 24.3 Å². The van der Waals surface area contributed by atoms with Gasteiger partial charge >= 0.3 is 6.18 Å². The number of para-hydroxylation sites is 1. The number of nitrogens with one attached hydrogen (secondary N) is 1. The summed E-state index contributed by atoms with van der Waals surface area (Å²) in [6.07, 6.45) is -1.24. The lowest BCUT2D eigenvalue weighted by Crippen LogP contribution is -2.31. The van der Waals surface area contributed by atoms with E-state index in [2.05, 4.69) is 5.32 Å². The summed E-state index contributed by atoms with van der Waals surface area (Å²) in [5, 5.41) is 3.15. The number of benzene rings is 1. The minimum atomic E-state index is -4.12. The molecule has 1 fully saturated rings. The van der Waals surface area contributed by atoms with Crippen LogP contribution >= 0.6 is 0 Å². The first-order valence-electron chi connectivity index (χ1n) is 7.71. The number of rotatable bonds is 5. The molecule has 0 saturated heterocycles. The van der Waals surface area contributed by atoms with Crippen LogP contribution in [0, 0.1) is 11.8 Å². The SMILES string of the molecule is CS(=O)(=O)Cc1ccccc1NCC1CCCC(C(F)(F)F)C1. The fourth-order valence-corrected chi connectivity index (χ4v) is 3.95. The van der Waals surface area contributed by atoms with Gasteiger partial charge in [0.1, 0.15) is 0 Å². The second-order valence-corrected chi connectivity index (χ2v) is 8.52. The fourth-order valence-electron chi connectivity index (χ4n) is 3.13. The van der Waals surface area contributed by atoms with Crippen LogP contribution < -0.4 is 5.32 Å². The van der Waals surface area contributed by atoms with Crippen LogP contribution in [0.25, 0.3) is 0 Å². The Labute approximate surface area is 135 Å². The van der Waals surface area contributed by atoms with Crippen molar-refractivity contribution >= 4 is 15.5 Å². The Morgan fingerprint density at radius 3 is 2.57 bits per heavy atom. The minimum absolute atomic E-state index is 0.0401. The van der Waals surface area contributed by atoms with Gasteiger partial charge in [-0.05, 0) is 36.8 Å². The molecule has 0 radical (unpaired) electrons. The van der Waals surface area contributed by atoms with Crippen molar-refractivity contribution in [3.63, 3.8) is 0 Å². The molecular formula is C16H22F3NO2S. The van der Waals surface area contributed by atoms with E-state index in [-0.39, 0.29) is 24.5 Å². The quantitative estimate of drug-likeness (QED) is 0.874. The third-order valence-electron chi connectivity index (χ3n) is 4.26. The molecule has 1 N–H and O–H groups in total. The van der Waals surface area contributed by atoms with Crippen LogP contribution in [-0.2, 0) is 15.6 Å². The van der Waals surface area contributed by atoms with E-state index in [0.717, 1.165) is 6.42 Å². The molecular weight excluding hydrogens is 327 g/mol. The van der Waals surface area contributed by atoms with Crippen molar-refractivity contribution in [2.45, 2.75) is 37.6 Å². The maximum Gasteiger partial charge on any atom is 0.391 e. The van der Waals surface area contributed by atoms with E-state index >= 15 is 0 Å². The lowest BCUT2D eigenvalue weighted by molar-refractivity contribution is -0.185. The lowest BCUT2D eigenvalue weighted by atomic mass is 9.81. The van der Waals surface area contributed by atoms with Gasteiger partial charge in [-0.25, -0.2) is 8.42 Å². The van der Waals surface area contributed by atoms with E-state index in [0.29, 0.717) is 24.2 Å². The Balaban J connectivity index is 1.98. The lowest BCUT2D eigenvalue weighted by Gasteiger charge is -2.31. The molecule has 3 nitrogen and oxygen atoms in total. The number of anilines is 1. The highest BCUT2D eigenvalue weighted by Gasteiger charge is 2.41. The molecule has 0 aliphatic heterocycles. The first kappa shape index (κ1) is 18.1. The molecule has 0 spiro atoms. The van der Waals surface area contributed by atoms with Crippen LogP contribution in [0.1, 0.15) is 31.2 Å². The third kappa shape index (κ3) is 5.71. The zero-order valence-electron chi connectivity index (χ0n) is 13.1. The van der Waals surface area contributed by atoms with Crippen LogP contribution in [0.4, 0.5) is 18.9 Å². The molecule has 7 heteroatoms. The molecule has 1 aliphatic rings. The number of sulfone groups is 1. The van der Waals surface area contributed by atoms with Gasteiger partial charge < -0.3 is 5.32 Å². The molecule has 0 bridgehead atoms. The van der Waals surface area contributed by atoms with Gasteiger partial charge in [0.15, 0.2) is 9.84 Å².